The zero-order chi connectivity index (χ0) is 21.9. The van der Waals surface area contributed by atoms with E-state index in [2.05, 4.69) is 25.1 Å². The summed E-state index contributed by atoms with van der Waals surface area (Å²) >= 11 is 0. The molecule has 0 unspecified atom stereocenters. The SMILES string of the molecule is COc1ccc(C(=O)N2CC(Oc3ccccc3-c3nc(-c4cnccn4)no3)C2)cn1. The normalized spacial score (nSPS) is 13.5. The fraction of sp³-hybridized carbons (Fsp3) is 0.182. The molecule has 0 aliphatic carbocycles. The monoisotopic (exact) mass is 430 g/mol. The van der Waals surface area contributed by atoms with Gasteiger partial charge in [0.2, 0.25) is 11.7 Å². The summed E-state index contributed by atoms with van der Waals surface area (Å²) in [6.45, 7) is 0.932. The van der Waals surface area contributed by atoms with Crippen LogP contribution in [0.15, 0.2) is 65.7 Å². The van der Waals surface area contributed by atoms with Gasteiger partial charge in [-0.1, -0.05) is 17.3 Å². The lowest BCUT2D eigenvalue weighted by Gasteiger charge is -2.39. The van der Waals surface area contributed by atoms with Crippen molar-refractivity contribution < 1.29 is 18.8 Å². The highest BCUT2D eigenvalue weighted by atomic mass is 16.5. The minimum absolute atomic E-state index is 0.0983. The first-order chi connectivity index (χ1) is 15.7. The van der Waals surface area contributed by atoms with Crippen LogP contribution in [-0.4, -0.2) is 62.2 Å². The Kier molecular flexibility index (Phi) is 5.16. The molecule has 0 radical (unpaired) electrons. The van der Waals surface area contributed by atoms with Crippen LogP contribution in [0, 0.1) is 0 Å². The number of aromatic nitrogens is 5. The lowest BCUT2D eigenvalue weighted by Crippen LogP contribution is -2.56. The van der Waals surface area contributed by atoms with Gasteiger partial charge in [0.1, 0.15) is 17.5 Å². The number of rotatable bonds is 6. The zero-order valence-electron chi connectivity index (χ0n) is 17.1. The average Bonchev–Trinajstić information content (AvgIpc) is 3.32. The Bertz CT molecular complexity index is 1220. The molecular formula is C22H18N6O4. The number of amides is 1. The van der Waals surface area contributed by atoms with Gasteiger partial charge in [0.25, 0.3) is 11.8 Å². The first kappa shape index (κ1) is 19.6. The first-order valence-corrected chi connectivity index (χ1v) is 9.87. The number of hydrogen-bond acceptors (Lipinski definition) is 9. The molecule has 0 atom stereocenters. The smallest absolute Gasteiger partial charge is 0.262 e. The number of para-hydroxylation sites is 1. The molecule has 4 heterocycles. The second-order valence-corrected chi connectivity index (χ2v) is 7.05. The third kappa shape index (κ3) is 3.85. The van der Waals surface area contributed by atoms with Gasteiger partial charge in [-0.2, -0.15) is 4.98 Å². The largest absolute Gasteiger partial charge is 0.486 e. The highest BCUT2D eigenvalue weighted by molar-refractivity contribution is 5.94. The topological polar surface area (TPSA) is 116 Å². The predicted molar refractivity (Wildman–Crippen MR) is 112 cm³/mol. The first-order valence-electron chi connectivity index (χ1n) is 9.87. The molecule has 0 bridgehead atoms. The molecule has 1 fully saturated rings. The molecule has 160 valence electrons. The van der Waals surface area contributed by atoms with E-state index in [1.807, 2.05) is 24.3 Å². The zero-order valence-corrected chi connectivity index (χ0v) is 17.1. The molecule has 1 saturated heterocycles. The van der Waals surface area contributed by atoms with Gasteiger partial charge in [0, 0.05) is 24.7 Å². The summed E-state index contributed by atoms with van der Waals surface area (Å²) < 4.78 is 16.6. The maximum Gasteiger partial charge on any atom is 0.262 e. The molecule has 0 spiro atoms. The summed E-state index contributed by atoms with van der Waals surface area (Å²) in [6.07, 6.45) is 6.07. The molecule has 0 saturated carbocycles. The maximum atomic E-state index is 12.6. The molecular weight excluding hydrogens is 412 g/mol. The highest BCUT2D eigenvalue weighted by Crippen LogP contribution is 2.31. The third-order valence-corrected chi connectivity index (χ3v) is 4.96. The molecule has 3 aromatic heterocycles. The Morgan fingerprint density at radius 1 is 1.09 bits per heavy atom. The van der Waals surface area contributed by atoms with Crippen LogP contribution in [-0.2, 0) is 0 Å². The molecule has 1 aliphatic heterocycles. The van der Waals surface area contributed by atoms with E-state index >= 15 is 0 Å². The van der Waals surface area contributed by atoms with E-state index in [-0.39, 0.29) is 12.0 Å². The molecule has 0 N–H and O–H groups in total. The van der Waals surface area contributed by atoms with Crippen LogP contribution in [0.25, 0.3) is 23.0 Å². The van der Waals surface area contributed by atoms with Crippen molar-refractivity contribution in [3.8, 4) is 34.6 Å². The van der Waals surface area contributed by atoms with Gasteiger partial charge in [-0.25, -0.2) is 9.97 Å². The lowest BCUT2D eigenvalue weighted by molar-refractivity contribution is 0.0179. The van der Waals surface area contributed by atoms with Crippen LogP contribution in [0.3, 0.4) is 0 Å². The number of carbonyl (C=O) groups excluding carboxylic acids is 1. The summed E-state index contributed by atoms with van der Waals surface area (Å²) in [7, 11) is 1.53. The molecule has 1 amide bonds. The van der Waals surface area contributed by atoms with Crippen LogP contribution in [0.5, 0.6) is 11.6 Å². The summed E-state index contributed by atoms with van der Waals surface area (Å²) in [5.41, 5.74) is 1.69. The fourth-order valence-corrected chi connectivity index (χ4v) is 3.27. The van der Waals surface area contributed by atoms with E-state index in [0.29, 0.717) is 53.3 Å². The second-order valence-electron chi connectivity index (χ2n) is 7.05. The van der Waals surface area contributed by atoms with Crippen molar-refractivity contribution >= 4 is 5.91 Å². The Labute approximate surface area is 182 Å². The van der Waals surface area contributed by atoms with Gasteiger partial charge < -0.3 is 18.9 Å². The van der Waals surface area contributed by atoms with Crippen molar-refractivity contribution in [2.24, 2.45) is 0 Å². The number of likely N-dealkylation sites (tertiary alicyclic amines) is 1. The van der Waals surface area contributed by atoms with Crippen molar-refractivity contribution in [2.75, 3.05) is 20.2 Å². The van der Waals surface area contributed by atoms with Crippen molar-refractivity contribution in [1.82, 2.24) is 30.0 Å². The summed E-state index contributed by atoms with van der Waals surface area (Å²) in [4.78, 5) is 31.0. The van der Waals surface area contributed by atoms with Gasteiger partial charge in [-0.3, -0.25) is 9.78 Å². The van der Waals surface area contributed by atoms with Gasteiger partial charge in [0.05, 0.1) is 37.5 Å². The van der Waals surface area contributed by atoms with Gasteiger partial charge in [-0.05, 0) is 18.2 Å². The third-order valence-electron chi connectivity index (χ3n) is 4.96. The van der Waals surface area contributed by atoms with E-state index in [1.54, 1.807) is 35.6 Å². The Morgan fingerprint density at radius 2 is 1.97 bits per heavy atom. The number of carbonyl (C=O) groups is 1. The molecule has 32 heavy (non-hydrogen) atoms. The molecule has 5 rings (SSSR count). The summed E-state index contributed by atoms with van der Waals surface area (Å²) in [5, 5.41) is 3.99. The fourth-order valence-electron chi connectivity index (χ4n) is 3.27. The lowest BCUT2D eigenvalue weighted by atomic mass is 10.1. The van der Waals surface area contributed by atoms with E-state index in [1.165, 1.54) is 13.3 Å². The number of hydrogen-bond donors (Lipinski definition) is 0. The van der Waals surface area contributed by atoms with E-state index in [4.69, 9.17) is 14.0 Å². The van der Waals surface area contributed by atoms with Crippen molar-refractivity contribution in [1.29, 1.82) is 0 Å². The Balaban J connectivity index is 1.26. The number of benzene rings is 1. The van der Waals surface area contributed by atoms with Crippen LogP contribution < -0.4 is 9.47 Å². The summed E-state index contributed by atoms with van der Waals surface area (Å²) in [5.74, 6) is 1.63. The molecule has 1 aliphatic rings. The number of pyridine rings is 1. The standard InChI is InChI=1S/C22H18N6O4/c1-30-19-7-6-14(10-25-19)22(29)28-12-15(13-28)31-18-5-3-2-4-16(18)21-26-20(27-32-21)17-11-23-8-9-24-17/h2-11,15H,12-13H2,1H3. The van der Waals surface area contributed by atoms with Crippen molar-refractivity contribution in [3.63, 3.8) is 0 Å². The van der Waals surface area contributed by atoms with Crippen LogP contribution in [0.2, 0.25) is 0 Å². The van der Waals surface area contributed by atoms with Crippen LogP contribution in [0.1, 0.15) is 10.4 Å². The second kappa shape index (κ2) is 8.42. The van der Waals surface area contributed by atoms with E-state index in [9.17, 15) is 4.79 Å². The van der Waals surface area contributed by atoms with E-state index in [0.717, 1.165) is 0 Å². The van der Waals surface area contributed by atoms with Crippen LogP contribution >= 0.6 is 0 Å². The number of nitrogens with zero attached hydrogens (tertiary/aromatic N) is 6. The van der Waals surface area contributed by atoms with Crippen LogP contribution in [0.4, 0.5) is 0 Å². The Morgan fingerprint density at radius 3 is 2.72 bits per heavy atom. The van der Waals surface area contributed by atoms with Gasteiger partial charge in [0.15, 0.2) is 0 Å². The van der Waals surface area contributed by atoms with Gasteiger partial charge >= 0.3 is 0 Å². The summed E-state index contributed by atoms with van der Waals surface area (Å²) in [6, 6.07) is 10.8. The van der Waals surface area contributed by atoms with Gasteiger partial charge in [-0.15, -0.1) is 0 Å². The van der Waals surface area contributed by atoms with Crippen molar-refractivity contribution in [2.45, 2.75) is 6.10 Å². The maximum absolute atomic E-state index is 12.6. The quantitative estimate of drug-likeness (QED) is 0.455. The minimum atomic E-state index is -0.145. The molecule has 10 nitrogen and oxygen atoms in total. The molecule has 10 heteroatoms. The average molecular weight is 430 g/mol. The van der Waals surface area contributed by atoms with E-state index < -0.39 is 0 Å². The Hall–Kier alpha value is -4.34. The molecule has 1 aromatic carbocycles. The predicted octanol–water partition coefficient (Wildman–Crippen LogP) is 2.50. The number of ether oxygens (including phenoxy) is 2. The minimum Gasteiger partial charge on any atom is -0.486 e. The highest BCUT2D eigenvalue weighted by Gasteiger charge is 2.33. The molecule has 4 aromatic rings. The van der Waals surface area contributed by atoms with Crippen molar-refractivity contribution in [3.05, 3.63) is 66.7 Å². The number of methoxy groups -OCH3 is 1.